The van der Waals surface area contributed by atoms with E-state index in [0.717, 1.165) is 22.0 Å². The number of hydrogen-bond donors (Lipinski definition) is 1. The monoisotopic (exact) mass is 289 g/mol. The van der Waals surface area contributed by atoms with Gasteiger partial charge >= 0.3 is 0 Å². The summed E-state index contributed by atoms with van der Waals surface area (Å²) >= 11 is 1.59. The van der Waals surface area contributed by atoms with Crippen molar-refractivity contribution < 1.29 is 4.74 Å². The van der Waals surface area contributed by atoms with Gasteiger partial charge in [-0.3, -0.25) is 0 Å². The predicted molar refractivity (Wildman–Crippen MR) is 82.0 cm³/mol. The van der Waals surface area contributed by atoms with Gasteiger partial charge < -0.3 is 10.5 Å². The molecule has 2 rings (SSSR count). The predicted octanol–water partition coefficient (Wildman–Crippen LogP) is 2.97. The highest BCUT2D eigenvalue weighted by molar-refractivity contribution is 7.99. The van der Waals surface area contributed by atoms with E-state index in [2.05, 4.69) is 16.9 Å². The van der Waals surface area contributed by atoms with E-state index in [9.17, 15) is 0 Å². The van der Waals surface area contributed by atoms with E-state index in [1.165, 1.54) is 0 Å². The molecule has 1 aromatic heterocycles. The molecule has 0 amide bonds. The molecule has 4 nitrogen and oxygen atoms in total. The molecule has 0 radical (unpaired) electrons. The quantitative estimate of drug-likeness (QED) is 0.677. The Morgan fingerprint density at radius 1 is 1.15 bits per heavy atom. The SMILES string of the molecule is COc1ccc(C(N)C(C)Sc2ncc(C)cn2)cc1. The van der Waals surface area contributed by atoms with Crippen LogP contribution < -0.4 is 10.5 Å². The summed E-state index contributed by atoms with van der Waals surface area (Å²) in [5.41, 5.74) is 8.43. The average Bonchev–Trinajstić information content (AvgIpc) is 2.49. The van der Waals surface area contributed by atoms with Crippen molar-refractivity contribution in [2.75, 3.05) is 7.11 Å². The second-order valence-corrected chi connectivity index (χ2v) is 6.01. The van der Waals surface area contributed by atoms with Gasteiger partial charge in [-0.2, -0.15) is 0 Å². The molecule has 2 unspecified atom stereocenters. The topological polar surface area (TPSA) is 61.0 Å². The van der Waals surface area contributed by atoms with Crippen LogP contribution in [0.4, 0.5) is 0 Å². The zero-order valence-electron chi connectivity index (χ0n) is 11.9. The Morgan fingerprint density at radius 2 is 1.75 bits per heavy atom. The summed E-state index contributed by atoms with van der Waals surface area (Å²) in [7, 11) is 1.65. The number of methoxy groups -OCH3 is 1. The molecule has 1 heterocycles. The zero-order valence-corrected chi connectivity index (χ0v) is 12.7. The van der Waals surface area contributed by atoms with E-state index in [4.69, 9.17) is 10.5 Å². The van der Waals surface area contributed by atoms with Crippen LogP contribution in [0.5, 0.6) is 5.75 Å². The van der Waals surface area contributed by atoms with Crippen LogP contribution in [0.2, 0.25) is 0 Å². The summed E-state index contributed by atoms with van der Waals surface area (Å²) in [5.74, 6) is 0.836. The average molecular weight is 289 g/mol. The first-order chi connectivity index (χ1) is 9.60. The minimum atomic E-state index is -0.0733. The molecule has 2 atom stereocenters. The molecule has 0 spiro atoms. The molecule has 0 saturated carbocycles. The summed E-state index contributed by atoms with van der Waals surface area (Å²) in [6.45, 7) is 4.06. The summed E-state index contributed by atoms with van der Waals surface area (Å²) in [4.78, 5) is 8.60. The summed E-state index contributed by atoms with van der Waals surface area (Å²) in [5, 5.41) is 0.943. The molecular formula is C15H19N3OS. The minimum absolute atomic E-state index is 0.0733. The van der Waals surface area contributed by atoms with Crippen LogP contribution in [-0.4, -0.2) is 22.3 Å². The molecule has 0 bridgehead atoms. The molecule has 5 heteroatoms. The fraction of sp³-hybridized carbons (Fsp3) is 0.333. The van der Waals surface area contributed by atoms with Crippen LogP contribution >= 0.6 is 11.8 Å². The molecule has 1 aromatic carbocycles. The third-order valence-corrected chi connectivity index (χ3v) is 4.14. The van der Waals surface area contributed by atoms with E-state index in [1.807, 2.05) is 43.6 Å². The lowest BCUT2D eigenvalue weighted by molar-refractivity contribution is 0.414. The van der Waals surface area contributed by atoms with Gasteiger partial charge in [0.05, 0.1) is 7.11 Å². The van der Waals surface area contributed by atoms with Crippen LogP contribution in [0.15, 0.2) is 41.8 Å². The molecular weight excluding hydrogens is 270 g/mol. The normalized spacial score (nSPS) is 13.8. The summed E-state index contributed by atoms with van der Waals surface area (Å²) in [6.07, 6.45) is 3.64. The largest absolute Gasteiger partial charge is 0.497 e. The number of rotatable bonds is 5. The number of aromatic nitrogens is 2. The van der Waals surface area contributed by atoms with Crippen LogP contribution in [0.1, 0.15) is 24.1 Å². The maximum atomic E-state index is 6.29. The molecule has 2 aromatic rings. The lowest BCUT2D eigenvalue weighted by Gasteiger charge is -2.19. The van der Waals surface area contributed by atoms with Crippen molar-refractivity contribution in [3.05, 3.63) is 47.8 Å². The Labute approximate surface area is 123 Å². The maximum Gasteiger partial charge on any atom is 0.187 e. The molecule has 0 saturated heterocycles. The van der Waals surface area contributed by atoms with Crippen LogP contribution in [0.3, 0.4) is 0 Å². The van der Waals surface area contributed by atoms with Crippen molar-refractivity contribution in [1.29, 1.82) is 0 Å². The van der Waals surface area contributed by atoms with Gasteiger partial charge in [-0.1, -0.05) is 30.8 Å². The van der Waals surface area contributed by atoms with Crippen molar-refractivity contribution >= 4 is 11.8 Å². The first-order valence-corrected chi connectivity index (χ1v) is 7.33. The summed E-state index contributed by atoms with van der Waals surface area (Å²) < 4.78 is 5.15. The number of thioether (sulfide) groups is 1. The van der Waals surface area contributed by atoms with Gasteiger partial charge in [0.1, 0.15) is 5.75 Å². The van der Waals surface area contributed by atoms with Crippen molar-refractivity contribution in [3.63, 3.8) is 0 Å². The molecule has 0 aliphatic carbocycles. The van der Waals surface area contributed by atoms with Gasteiger partial charge in [0.15, 0.2) is 5.16 Å². The fourth-order valence-corrected chi connectivity index (χ4v) is 2.64. The number of hydrogen-bond acceptors (Lipinski definition) is 5. The molecule has 2 N–H and O–H groups in total. The van der Waals surface area contributed by atoms with Gasteiger partial charge in [-0.05, 0) is 30.2 Å². The van der Waals surface area contributed by atoms with Gasteiger partial charge in [-0.25, -0.2) is 9.97 Å². The second kappa shape index (κ2) is 6.72. The van der Waals surface area contributed by atoms with Gasteiger partial charge in [-0.15, -0.1) is 0 Å². The van der Waals surface area contributed by atoms with Crippen LogP contribution in [0.25, 0.3) is 0 Å². The van der Waals surface area contributed by atoms with Crippen LogP contribution in [-0.2, 0) is 0 Å². The van der Waals surface area contributed by atoms with Gasteiger partial charge in [0.25, 0.3) is 0 Å². The van der Waals surface area contributed by atoms with E-state index in [0.29, 0.717) is 0 Å². The Morgan fingerprint density at radius 3 is 2.30 bits per heavy atom. The Bertz CT molecular complexity index is 542. The Hall–Kier alpha value is -1.59. The smallest absolute Gasteiger partial charge is 0.187 e. The number of ether oxygens (including phenoxy) is 1. The Kier molecular flexibility index (Phi) is 4.98. The molecule has 0 aliphatic heterocycles. The molecule has 20 heavy (non-hydrogen) atoms. The van der Waals surface area contributed by atoms with Crippen molar-refractivity contribution in [1.82, 2.24) is 9.97 Å². The van der Waals surface area contributed by atoms with Gasteiger partial charge in [0, 0.05) is 23.7 Å². The third-order valence-electron chi connectivity index (χ3n) is 3.05. The highest BCUT2D eigenvalue weighted by Gasteiger charge is 2.17. The molecule has 0 fully saturated rings. The minimum Gasteiger partial charge on any atom is -0.497 e. The van der Waals surface area contributed by atoms with Crippen LogP contribution in [0, 0.1) is 6.92 Å². The van der Waals surface area contributed by atoms with Crippen molar-refractivity contribution in [2.24, 2.45) is 5.73 Å². The Balaban J connectivity index is 2.03. The summed E-state index contributed by atoms with van der Waals surface area (Å²) in [6, 6.07) is 7.77. The fourth-order valence-electron chi connectivity index (χ4n) is 1.78. The van der Waals surface area contributed by atoms with Crippen molar-refractivity contribution in [2.45, 2.75) is 30.3 Å². The zero-order chi connectivity index (χ0) is 14.5. The highest BCUT2D eigenvalue weighted by Crippen LogP contribution is 2.29. The van der Waals surface area contributed by atoms with Crippen molar-refractivity contribution in [3.8, 4) is 5.75 Å². The maximum absolute atomic E-state index is 6.29. The number of nitrogens with zero attached hydrogens (tertiary/aromatic N) is 2. The first-order valence-electron chi connectivity index (χ1n) is 6.45. The number of nitrogens with two attached hydrogens (primary N) is 1. The first kappa shape index (κ1) is 14.8. The lowest BCUT2D eigenvalue weighted by atomic mass is 10.1. The van der Waals surface area contributed by atoms with Gasteiger partial charge in [0.2, 0.25) is 0 Å². The van der Waals surface area contributed by atoms with E-state index in [1.54, 1.807) is 18.9 Å². The van der Waals surface area contributed by atoms with E-state index in [-0.39, 0.29) is 11.3 Å². The highest BCUT2D eigenvalue weighted by atomic mass is 32.2. The standard InChI is InChI=1S/C15H19N3OS/c1-10-8-17-15(18-9-10)20-11(2)14(16)12-4-6-13(19-3)7-5-12/h4-9,11,14H,16H2,1-3H3. The number of aryl methyl sites for hydroxylation is 1. The second-order valence-electron chi connectivity index (χ2n) is 4.66. The molecule has 0 aliphatic rings. The van der Waals surface area contributed by atoms with E-state index < -0.39 is 0 Å². The lowest BCUT2D eigenvalue weighted by Crippen LogP contribution is -2.21. The molecule has 106 valence electrons. The third kappa shape index (κ3) is 3.71. The van der Waals surface area contributed by atoms with E-state index >= 15 is 0 Å². The number of benzene rings is 1.